The molecule has 0 fully saturated rings. The van der Waals surface area contributed by atoms with Gasteiger partial charge in [0.15, 0.2) is 0 Å². The molecule has 0 N–H and O–H groups in total. The first-order valence-electron chi connectivity index (χ1n) is 8.08. The van der Waals surface area contributed by atoms with E-state index in [9.17, 15) is 4.79 Å². The van der Waals surface area contributed by atoms with Crippen LogP contribution >= 0.6 is 23.2 Å². The fourth-order valence-corrected chi connectivity index (χ4v) is 3.68. The van der Waals surface area contributed by atoms with E-state index >= 15 is 0 Å². The highest BCUT2D eigenvalue weighted by atomic mass is 35.5. The normalized spacial score (nSPS) is 13.3. The number of hydrogen-bond donors (Lipinski definition) is 0. The van der Waals surface area contributed by atoms with Crippen molar-refractivity contribution in [2.24, 2.45) is 0 Å². The summed E-state index contributed by atoms with van der Waals surface area (Å²) in [5.74, 6) is 0. The number of hydrogen-bond acceptors (Lipinski definition) is 2. The van der Waals surface area contributed by atoms with Crippen LogP contribution in [0.1, 0.15) is 18.2 Å². The quantitative estimate of drug-likeness (QED) is 0.600. The van der Waals surface area contributed by atoms with Crippen molar-refractivity contribution in [1.82, 2.24) is 9.47 Å². The molecule has 0 saturated heterocycles. The van der Waals surface area contributed by atoms with Crippen LogP contribution in [0.3, 0.4) is 0 Å². The maximum atomic E-state index is 12.2. The second-order valence-corrected chi connectivity index (χ2v) is 6.83. The Morgan fingerprint density at radius 1 is 1.08 bits per heavy atom. The number of fused-ring (bicyclic) bond motifs is 3. The van der Waals surface area contributed by atoms with Crippen molar-refractivity contribution in [3.63, 3.8) is 0 Å². The third kappa shape index (κ3) is 2.75. The summed E-state index contributed by atoms with van der Waals surface area (Å²) in [5, 5.41) is 2.43. The molecular formula is C19H16Cl2N2O2. The topological polar surface area (TPSA) is 34.5 Å². The van der Waals surface area contributed by atoms with Gasteiger partial charge >= 0.3 is 6.09 Å². The standard InChI is InChI=1S/C19H16Cl2N2O2/c1-2-25-19(24)22-10-16-15-9-13(21)5-8-17(15)23(18(16)11-22)14-6-3-12(20)4-7-14/h3-9H,2,10-11H2,1H3. The van der Waals surface area contributed by atoms with Crippen LogP contribution in [0.25, 0.3) is 16.6 Å². The summed E-state index contributed by atoms with van der Waals surface area (Å²) in [6, 6.07) is 13.5. The fraction of sp³-hybridized carbons (Fsp3) is 0.211. The van der Waals surface area contributed by atoms with Crippen LogP contribution in [0.15, 0.2) is 42.5 Å². The second-order valence-electron chi connectivity index (χ2n) is 5.95. The number of carbonyl (C=O) groups excluding carboxylic acids is 1. The molecule has 0 saturated carbocycles. The Morgan fingerprint density at radius 2 is 1.80 bits per heavy atom. The molecule has 1 aromatic heterocycles. The summed E-state index contributed by atoms with van der Waals surface area (Å²) in [6.45, 7) is 3.20. The van der Waals surface area contributed by atoms with E-state index in [4.69, 9.17) is 27.9 Å². The van der Waals surface area contributed by atoms with Gasteiger partial charge in [-0.3, -0.25) is 4.90 Å². The van der Waals surface area contributed by atoms with Gasteiger partial charge in [0, 0.05) is 32.4 Å². The Hall–Kier alpha value is -2.17. The zero-order valence-corrected chi connectivity index (χ0v) is 15.1. The zero-order chi connectivity index (χ0) is 17.6. The number of amides is 1. The van der Waals surface area contributed by atoms with Gasteiger partial charge in [0.05, 0.1) is 25.2 Å². The van der Waals surface area contributed by atoms with Crippen LogP contribution in [0.4, 0.5) is 4.79 Å². The predicted octanol–water partition coefficient (Wildman–Crippen LogP) is 5.41. The van der Waals surface area contributed by atoms with E-state index in [0.29, 0.717) is 29.7 Å². The second kappa shape index (κ2) is 6.28. The number of ether oxygens (including phenoxy) is 1. The molecule has 1 amide bonds. The average molecular weight is 375 g/mol. The van der Waals surface area contributed by atoms with E-state index in [0.717, 1.165) is 27.8 Å². The molecule has 0 aliphatic carbocycles. The summed E-state index contributed by atoms with van der Waals surface area (Å²) in [4.78, 5) is 13.9. The first-order valence-corrected chi connectivity index (χ1v) is 8.83. The van der Waals surface area contributed by atoms with E-state index in [-0.39, 0.29) is 6.09 Å². The van der Waals surface area contributed by atoms with Crippen molar-refractivity contribution in [1.29, 1.82) is 0 Å². The van der Waals surface area contributed by atoms with Crippen molar-refractivity contribution in [3.8, 4) is 5.69 Å². The lowest BCUT2D eigenvalue weighted by molar-refractivity contribution is 0.106. The lowest BCUT2D eigenvalue weighted by atomic mass is 10.1. The minimum Gasteiger partial charge on any atom is -0.450 e. The van der Waals surface area contributed by atoms with Gasteiger partial charge in [-0.25, -0.2) is 4.79 Å². The smallest absolute Gasteiger partial charge is 0.410 e. The van der Waals surface area contributed by atoms with Crippen molar-refractivity contribution < 1.29 is 9.53 Å². The van der Waals surface area contributed by atoms with Gasteiger partial charge < -0.3 is 9.30 Å². The van der Waals surface area contributed by atoms with Crippen molar-refractivity contribution >= 4 is 40.2 Å². The first-order chi connectivity index (χ1) is 12.1. The highest BCUT2D eigenvalue weighted by Gasteiger charge is 2.30. The molecule has 2 aromatic carbocycles. The molecule has 1 aliphatic heterocycles. The number of nitrogens with zero attached hydrogens (tertiary/aromatic N) is 2. The molecule has 4 rings (SSSR count). The molecule has 0 spiro atoms. The summed E-state index contributed by atoms with van der Waals surface area (Å²) in [5.41, 5.74) is 4.26. The van der Waals surface area contributed by atoms with E-state index in [1.807, 2.05) is 49.4 Å². The van der Waals surface area contributed by atoms with Gasteiger partial charge in [-0.2, -0.15) is 0 Å². The molecule has 6 heteroatoms. The number of carbonyl (C=O) groups is 1. The third-order valence-electron chi connectivity index (χ3n) is 4.44. The first kappa shape index (κ1) is 16.3. The van der Waals surface area contributed by atoms with Crippen molar-refractivity contribution in [3.05, 3.63) is 63.8 Å². The lowest BCUT2D eigenvalue weighted by Crippen LogP contribution is -2.26. The van der Waals surface area contributed by atoms with Gasteiger partial charge in [0.2, 0.25) is 0 Å². The molecule has 0 radical (unpaired) electrons. The third-order valence-corrected chi connectivity index (χ3v) is 4.93. The van der Waals surface area contributed by atoms with E-state index in [2.05, 4.69) is 4.57 Å². The zero-order valence-electron chi connectivity index (χ0n) is 13.6. The van der Waals surface area contributed by atoms with E-state index in [1.165, 1.54) is 0 Å². The van der Waals surface area contributed by atoms with Crippen LogP contribution in [0.2, 0.25) is 10.0 Å². The molecule has 0 bridgehead atoms. The Labute approximate surface area is 155 Å². The SMILES string of the molecule is CCOC(=O)N1Cc2c(n(-c3ccc(Cl)cc3)c3ccc(Cl)cc23)C1. The molecular weight excluding hydrogens is 359 g/mol. The summed E-state index contributed by atoms with van der Waals surface area (Å²) in [6.07, 6.45) is -0.295. The number of benzene rings is 2. The van der Waals surface area contributed by atoms with E-state index in [1.54, 1.807) is 4.90 Å². The van der Waals surface area contributed by atoms with Crippen molar-refractivity contribution in [2.75, 3.05) is 6.61 Å². The summed E-state index contributed by atoms with van der Waals surface area (Å²) in [7, 11) is 0. The Bertz CT molecular complexity index is 964. The fourth-order valence-electron chi connectivity index (χ4n) is 3.38. The number of halogens is 2. The number of rotatable bonds is 2. The summed E-state index contributed by atoms with van der Waals surface area (Å²) >= 11 is 12.2. The van der Waals surface area contributed by atoms with Gasteiger partial charge in [-0.15, -0.1) is 0 Å². The molecule has 25 heavy (non-hydrogen) atoms. The van der Waals surface area contributed by atoms with Gasteiger partial charge in [0.25, 0.3) is 0 Å². The molecule has 4 nitrogen and oxygen atoms in total. The number of aromatic nitrogens is 1. The largest absolute Gasteiger partial charge is 0.450 e. The summed E-state index contributed by atoms with van der Waals surface area (Å²) < 4.78 is 7.32. The average Bonchev–Trinajstić information content (AvgIpc) is 3.14. The van der Waals surface area contributed by atoms with Crippen LogP contribution in [0, 0.1) is 0 Å². The van der Waals surface area contributed by atoms with Gasteiger partial charge in [-0.1, -0.05) is 23.2 Å². The molecule has 0 atom stereocenters. The molecule has 0 unspecified atom stereocenters. The maximum absolute atomic E-state index is 12.2. The van der Waals surface area contributed by atoms with Gasteiger partial charge in [-0.05, 0) is 49.4 Å². The predicted molar refractivity (Wildman–Crippen MR) is 99.6 cm³/mol. The molecule has 1 aliphatic rings. The van der Waals surface area contributed by atoms with E-state index < -0.39 is 0 Å². The minimum absolute atomic E-state index is 0.295. The Morgan fingerprint density at radius 3 is 2.52 bits per heavy atom. The van der Waals surface area contributed by atoms with Gasteiger partial charge in [0.1, 0.15) is 0 Å². The maximum Gasteiger partial charge on any atom is 0.410 e. The minimum atomic E-state index is -0.295. The Balaban J connectivity index is 1.88. The van der Waals surface area contributed by atoms with Crippen LogP contribution in [-0.4, -0.2) is 22.2 Å². The van der Waals surface area contributed by atoms with Crippen LogP contribution < -0.4 is 0 Å². The highest BCUT2D eigenvalue weighted by molar-refractivity contribution is 6.31. The monoisotopic (exact) mass is 374 g/mol. The van der Waals surface area contributed by atoms with Crippen LogP contribution in [-0.2, 0) is 17.8 Å². The Kier molecular flexibility index (Phi) is 4.10. The molecule has 2 heterocycles. The lowest BCUT2D eigenvalue weighted by Gasteiger charge is -2.17. The van der Waals surface area contributed by atoms with Crippen LogP contribution in [0.5, 0.6) is 0 Å². The molecule has 128 valence electrons. The molecule has 3 aromatic rings. The van der Waals surface area contributed by atoms with Crippen molar-refractivity contribution in [2.45, 2.75) is 20.0 Å². The highest BCUT2D eigenvalue weighted by Crippen LogP contribution is 2.37.